The van der Waals surface area contributed by atoms with Gasteiger partial charge in [-0.25, -0.2) is 0 Å². The molecule has 17 heavy (non-hydrogen) atoms. The maximum Gasteiger partial charge on any atom is 0.220 e. The number of amides is 1. The molecule has 2 heterocycles. The van der Waals surface area contributed by atoms with Crippen molar-refractivity contribution in [1.82, 2.24) is 20.4 Å². The van der Waals surface area contributed by atoms with Crippen LogP contribution in [0.25, 0.3) is 0 Å². The summed E-state index contributed by atoms with van der Waals surface area (Å²) in [7, 11) is 1.88. The van der Waals surface area contributed by atoms with E-state index in [-0.39, 0.29) is 5.91 Å². The lowest BCUT2D eigenvalue weighted by molar-refractivity contribution is -0.122. The van der Waals surface area contributed by atoms with Gasteiger partial charge in [0.25, 0.3) is 0 Å². The molecule has 2 rings (SSSR count). The fraction of sp³-hybridized carbons (Fsp3) is 0.667. The molecule has 0 unspecified atom stereocenters. The van der Waals surface area contributed by atoms with Crippen molar-refractivity contribution >= 4 is 5.91 Å². The first kappa shape index (κ1) is 12.1. The zero-order valence-electron chi connectivity index (χ0n) is 10.3. The van der Waals surface area contributed by atoms with Gasteiger partial charge < -0.3 is 10.6 Å². The average Bonchev–Trinajstić information content (AvgIpc) is 2.74. The van der Waals surface area contributed by atoms with Crippen LogP contribution in [0.2, 0.25) is 0 Å². The molecule has 1 saturated heterocycles. The van der Waals surface area contributed by atoms with Gasteiger partial charge in [-0.15, -0.1) is 0 Å². The summed E-state index contributed by atoms with van der Waals surface area (Å²) in [5.74, 6) is 0.695. The van der Waals surface area contributed by atoms with E-state index >= 15 is 0 Å². The van der Waals surface area contributed by atoms with E-state index in [1.165, 1.54) is 0 Å². The summed E-state index contributed by atoms with van der Waals surface area (Å²) in [5.41, 5.74) is 1.03. The maximum atomic E-state index is 11.8. The summed E-state index contributed by atoms with van der Waals surface area (Å²) in [6, 6.07) is 1.92. The number of hydrogen-bond donors (Lipinski definition) is 2. The first-order chi connectivity index (χ1) is 8.25. The van der Waals surface area contributed by atoms with Gasteiger partial charge in [-0.2, -0.15) is 5.10 Å². The Morgan fingerprint density at radius 1 is 1.59 bits per heavy atom. The van der Waals surface area contributed by atoms with E-state index in [4.69, 9.17) is 0 Å². The zero-order chi connectivity index (χ0) is 12.1. The number of piperidine rings is 1. The van der Waals surface area contributed by atoms with Gasteiger partial charge in [-0.1, -0.05) is 0 Å². The number of nitrogens with one attached hydrogen (secondary N) is 2. The number of carbonyl (C=O) groups is 1. The van der Waals surface area contributed by atoms with E-state index in [2.05, 4.69) is 15.7 Å². The molecule has 1 aromatic rings. The molecule has 0 bridgehead atoms. The minimum Gasteiger partial charge on any atom is -0.350 e. The summed E-state index contributed by atoms with van der Waals surface area (Å²) in [6.07, 6.45) is 4.62. The van der Waals surface area contributed by atoms with Gasteiger partial charge in [0.2, 0.25) is 5.91 Å². The molecule has 1 aromatic heterocycles. The van der Waals surface area contributed by atoms with E-state index in [9.17, 15) is 4.79 Å². The quantitative estimate of drug-likeness (QED) is 0.797. The third-order valence-electron chi connectivity index (χ3n) is 3.32. The SMILES string of the molecule is Cn1nccc1CNC(=O)CC1CCNCC1. The predicted molar refractivity (Wildman–Crippen MR) is 65.3 cm³/mol. The van der Waals surface area contributed by atoms with Gasteiger partial charge in [0.05, 0.1) is 12.2 Å². The Bertz CT molecular complexity index is 368. The van der Waals surface area contributed by atoms with E-state index in [0.717, 1.165) is 31.6 Å². The molecule has 5 nitrogen and oxygen atoms in total. The van der Waals surface area contributed by atoms with Crippen LogP contribution in [0.5, 0.6) is 0 Å². The van der Waals surface area contributed by atoms with Gasteiger partial charge in [-0.3, -0.25) is 9.48 Å². The van der Waals surface area contributed by atoms with Crippen molar-refractivity contribution in [3.63, 3.8) is 0 Å². The topological polar surface area (TPSA) is 59.0 Å². The number of aromatic nitrogens is 2. The lowest BCUT2D eigenvalue weighted by atomic mass is 9.94. The first-order valence-corrected chi connectivity index (χ1v) is 6.20. The molecule has 0 saturated carbocycles. The largest absolute Gasteiger partial charge is 0.350 e. The Hall–Kier alpha value is -1.36. The van der Waals surface area contributed by atoms with Crippen molar-refractivity contribution in [3.05, 3.63) is 18.0 Å². The highest BCUT2D eigenvalue weighted by Crippen LogP contribution is 2.15. The molecule has 0 aromatic carbocycles. The second kappa shape index (κ2) is 5.82. The second-order valence-corrected chi connectivity index (χ2v) is 4.62. The number of rotatable bonds is 4. The molecule has 94 valence electrons. The third-order valence-corrected chi connectivity index (χ3v) is 3.32. The van der Waals surface area contributed by atoms with Crippen molar-refractivity contribution in [2.24, 2.45) is 13.0 Å². The number of aryl methyl sites for hydroxylation is 1. The van der Waals surface area contributed by atoms with Crippen molar-refractivity contribution < 1.29 is 4.79 Å². The van der Waals surface area contributed by atoms with Crippen LogP contribution in [0, 0.1) is 5.92 Å². The van der Waals surface area contributed by atoms with Crippen molar-refractivity contribution in [1.29, 1.82) is 0 Å². The van der Waals surface area contributed by atoms with Crippen LogP contribution in [-0.4, -0.2) is 28.8 Å². The molecule has 0 aliphatic carbocycles. The van der Waals surface area contributed by atoms with Crippen LogP contribution in [0.1, 0.15) is 25.0 Å². The molecule has 1 amide bonds. The van der Waals surface area contributed by atoms with Crippen molar-refractivity contribution in [3.8, 4) is 0 Å². The van der Waals surface area contributed by atoms with E-state index in [1.54, 1.807) is 10.9 Å². The Labute approximate surface area is 102 Å². The second-order valence-electron chi connectivity index (χ2n) is 4.62. The molecule has 1 aliphatic heterocycles. The fourth-order valence-corrected chi connectivity index (χ4v) is 2.18. The van der Waals surface area contributed by atoms with E-state index in [0.29, 0.717) is 18.9 Å². The highest BCUT2D eigenvalue weighted by atomic mass is 16.1. The smallest absolute Gasteiger partial charge is 0.220 e. The monoisotopic (exact) mass is 236 g/mol. The van der Waals surface area contributed by atoms with Crippen LogP contribution in [0.15, 0.2) is 12.3 Å². The number of hydrogen-bond acceptors (Lipinski definition) is 3. The fourth-order valence-electron chi connectivity index (χ4n) is 2.18. The molecule has 1 fully saturated rings. The lowest BCUT2D eigenvalue weighted by Gasteiger charge is -2.21. The van der Waals surface area contributed by atoms with Gasteiger partial charge >= 0.3 is 0 Å². The van der Waals surface area contributed by atoms with Crippen LogP contribution < -0.4 is 10.6 Å². The normalized spacial score (nSPS) is 17.0. The summed E-state index contributed by atoms with van der Waals surface area (Å²) in [4.78, 5) is 11.8. The highest BCUT2D eigenvalue weighted by Gasteiger charge is 2.16. The Balaban J connectivity index is 1.72. The summed E-state index contributed by atoms with van der Waals surface area (Å²) >= 11 is 0. The third kappa shape index (κ3) is 3.56. The van der Waals surface area contributed by atoms with Crippen LogP contribution in [0.4, 0.5) is 0 Å². The molecular formula is C12H20N4O. The molecule has 5 heteroatoms. The van der Waals surface area contributed by atoms with E-state index in [1.807, 2.05) is 13.1 Å². The standard InChI is InChI=1S/C12H20N4O/c1-16-11(4-7-15-16)9-14-12(17)8-10-2-5-13-6-3-10/h4,7,10,13H,2-3,5-6,8-9H2,1H3,(H,14,17). The van der Waals surface area contributed by atoms with Crippen LogP contribution >= 0.6 is 0 Å². The minimum absolute atomic E-state index is 0.151. The Kier molecular flexibility index (Phi) is 4.14. The maximum absolute atomic E-state index is 11.8. The molecule has 0 radical (unpaired) electrons. The molecule has 0 spiro atoms. The number of nitrogens with zero attached hydrogens (tertiary/aromatic N) is 2. The minimum atomic E-state index is 0.151. The molecule has 1 aliphatic rings. The molecule has 0 atom stereocenters. The molecule has 2 N–H and O–H groups in total. The van der Waals surface area contributed by atoms with Gasteiger partial charge in [-0.05, 0) is 37.9 Å². The first-order valence-electron chi connectivity index (χ1n) is 6.20. The average molecular weight is 236 g/mol. The Morgan fingerprint density at radius 3 is 3.00 bits per heavy atom. The van der Waals surface area contributed by atoms with Crippen molar-refractivity contribution in [2.75, 3.05) is 13.1 Å². The van der Waals surface area contributed by atoms with Gasteiger partial charge in [0.15, 0.2) is 0 Å². The van der Waals surface area contributed by atoms with Crippen LogP contribution in [-0.2, 0) is 18.4 Å². The van der Waals surface area contributed by atoms with E-state index < -0.39 is 0 Å². The highest BCUT2D eigenvalue weighted by molar-refractivity contribution is 5.76. The van der Waals surface area contributed by atoms with Crippen LogP contribution in [0.3, 0.4) is 0 Å². The van der Waals surface area contributed by atoms with Gasteiger partial charge in [0, 0.05) is 19.7 Å². The lowest BCUT2D eigenvalue weighted by Crippen LogP contribution is -2.32. The van der Waals surface area contributed by atoms with Crippen molar-refractivity contribution in [2.45, 2.75) is 25.8 Å². The number of carbonyl (C=O) groups excluding carboxylic acids is 1. The predicted octanol–water partition coefficient (Wildman–Crippen LogP) is 0.426. The van der Waals surface area contributed by atoms with Gasteiger partial charge in [0.1, 0.15) is 0 Å². The summed E-state index contributed by atoms with van der Waals surface area (Å²) in [6.45, 7) is 2.65. The Morgan fingerprint density at radius 2 is 2.35 bits per heavy atom. The zero-order valence-corrected chi connectivity index (χ0v) is 10.3. The molecular weight excluding hydrogens is 216 g/mol. The summed E-state index contributed by atoms with van der Waals surface area (Å²) in [5, 5.41) is 10.3. The summed E-state index contributed by atoms with van der Waals surface area (Å²) < 4.78 is 1.78.